The minimum Gasteiger partial charge on any atom is -0.339 e. The molecule has 29 heavy (non-hydrogen) atoms. The third kappa shape index (κ3) is 4.01. The normalized spacial score (nSPS) is 21.1. The van der Waals surface area contributed by atoms with Crippen LogP contribution in [0.2, 0.25) is 5.15 Å². The molecule has 5 rings (SSSR count). The Labute approximate surface area is 175 Å². The van der Waals surface area contributed by atoms with Crippen molar-refractivity contribution in [1.82, 2.24) is 34.4 Å². The van der Waals surface area contributed by atoms with E-state index in [4.69, 9.17) is 11.6 Å². The maximum absolute atomic E-state index is 12.8. The van der Waals surface area contributed by atoms with Crippen LogP contribution < -0.4 is 0 Å². The van der Waals surface area contributed by atoms with E-state index in [-0.39, 0.29) is 5.91 Å². The summed E-state index contributed by atoms with van der Waals surface area (Å²) >= 11 is 5.95. The second-order valence-electron chi connectivity index (χ2n) is 8.21. The summed E-state index contributed by atoms with van der Waals surface area (Å²) in [5.74, 6) is 0.855. The second-order valence-corrected chi connectivity index (χ2v) is 8.59. The maximum Gasteiger partial charge on any atom is 0.236 e. The number of piperazine rings is 1. The summed E-state index contributed by atoms with van der Waals surface area (Å²) in [6.07, 6.45) is 9.99. The van der Waals surface area contributed by atoms with Gasteiger partial charge >= 0.3 is 0 Å². The van der Waals surface area contributed by atoms with Gasteiger partial charge in [0, 0.05) is 63.5 Å². The number of amides is 1. The van der Waals surface area contributed by atoms with Crippen LogP contribution in [0, 0.1) is 0 Å². The lowest BCUT2D eigenvalue weighted by molar-refractivity contribution is -0.135. The third-order valence-corrected chi connectivity index (χ3v) is 6.56. The Balaban J connectivity index is 1.17. The van der Waals surface area contributed by atoms with E-state index >= 15 is 0 Å². The van der Waals surface area contributed by atoms with Crippen LogP contribution in [-0.2, 0) is 17.8 Å². The van der Waals surface area contributed by atoms with Crippen molar-refractivity contribution in [1.29, 1.82) is 0 Å². The molecule has 2 aromatic rings. The van der Waals surface area contributed by atoms with Gasteiger partial charge in [-0.15, -0.1) is 0 Å². The fourth-order valence-corrected chi connectivity index (χ4v) is 4.59. The molecular formula is C20H26ClN7O. The molecular weight excluding hydrogens is 390 g/mol. The Morgan fingerprint density at radius 1 is 1.14 bits per heavy atom. The molecule has 0 radical (unpaired) electrons. The van der Waals surface area contributed by atoms with Gasteiger partial charge in [0.25, 0.3) is 0 Å². The summed E-state index contributed by atoms with van der Waals surface area (Å²) in [7, 11) is 0. The Kier molecular flexibility index (Phi) is 5.24. The van der Waals surface area contributed by atoms with E-state index in [1.807, 2.05) is 11.1 Å². The van der Waals surface area contributed by atoms with E-state index in [1.165, 1.54) is 25.5 Å². The zero-order valence-corrected chi connectivity index (χ0v) is 17.3. The molecule has 1 aliphatic carbocycles. The number of fused-ring (bicyclic) bond motifs is 1. The van der Waals surface area contributed by atoms with E-state index in [1.54, 1.807) is 10.9 Å². The molecule has 2 aliphatic heterocycles. The van der Waals surface area contributed by atoms with Gasteiger partial charge in [0.1, 0.15) is 5.15 Å². The number of halogens is 1. The summed E-state index contributed by atoms with van der Waals surface area (Å²) in [6.45, 7) is 5.82. The Bertz CT molecular complexity index is 889. The fourth-order valence-electron chi connectivity index (χ4n) is 4.45. The molecule has 1 amide bonds. The number of rotatable bonds is 4. The molecule has 2 aromatic heterocycles. The summed E-state index contributed by atoms with van der Waals surface area (Å²) in [6, 6.07) is 0.772. The molecule has 0 spiro atoms. The number of carbonyl (C=O) groups excluding carboxylic acids is 1. The number of hydrogen-bond acceptors (Lipinski definition) is 6. The summed E-state index contributed by atoms with van der Waals surface area (Å²) < 4.78 is 1.73. The van der Waals surface area contributed by atoms with Crippen molar-refractivity contribution in [2.45, 2.75) is 38.3 Å². The lowest BCUT2D eigenvalue weighted by atomic mass is 9.91. The number of carbonyl (C=O) groups is 1. The predicted molar refractivity (Wildman–Crippen MR) is 109 cm³/mol. The second kappa shape index (κ2) is 8.01. The highest BCUT2D eigenvalue weighted by Gasteiger charge is 2.30. The van der Waals surface area contributed by atoms with Gasteiger partial charge in [-0.1, -0.05) is 18.0 Å². The molecule has 0 bridgehead atoms. The molecule has 0 unspecified atom stereocenters. The average Bonchev–Trinajstić information content (AvgIpc) is 3.11. The zero-order chi connectivity index (χ0) is 19.8. The number of hydrogen-bond donors (Lipinski definition) is 0. The Hall–Kier alpha value is -2.03. The van der Waals surface area contributed by atoms with Crippen LogP contribution in [0.5, 0.6) is 0 Å². The van der Waals surface area contributed by atoms with Crippen LogP contribution in [0.4, 0.5) is 0 Å². The Morgan fingerprint density at radius 2 is 1.97 bits per heavy atom. The first-order chi connectivity index (χ1) is 14.2. The molecule has 3 aliphatic rings. The lowest BCUT2D eigenvalue weighted by Crippen LogP contribution is -2.55. The molecule has 0 N–H and O–H groups in total. The predicted octanol–water partition coefficient (Wildman–Crippen LogP) is 1.37. The van der Waals surface area contributed by atoms with Crippen molar-refractivity contribution < 1.29 is 4.79 Å². The SMILES string of the molecule is O=C(CN1CCc2nn(-c3cncc(Cl)n3)cc2C1)N1CCN(C2CCC2)CC1. The van der Waals surface area contributed by atoms with Gasteiger partial charge in [0.2, 0.25) is 5.91 Å². The van der Waals surface area contributed by atoms with E-state index in [0.29, 0.717) is 17.5 Å². The molecule has 4 heterocycles. The van der Waals surface area contributed by atoms with Crippen molar-refractivity contribution >= 4 is 17.5 Å². The standard InChI is InChI=1S/C20H26ClN7O/c21-18-10-22-11-19(23-18)28-13-15-12-25(5-4-17(15)24-28)14-20(29)27-8-6-26(7-9-27)16-2-1-3-16/h10-11,13,16H,1-9,12,14H2. The molecule has 0 aromatic carbocycles. The van der Waals surface area contributed by atoms with Crippen LogP contribution in [0.15, 0.2) is 18.6 Å². The topological polar surface area (TPSA) is 70.4 Å². The van der Waals surface area contributed by atoms with Crippen LogP contribution in [0.1, 0.15) is 30.5 Å². The van der Waals surface area contributed by atoms with Crippen LogP contribution in [0.3, 0.4) is 0 Å². The molecule has 2 fully saturated rings. The molecule has 9 heteroatoms. The first-order valence-electron chi connectivity index (χ1n) is 10.5. The van der Waals surface area contributed by atoms with Gasteiger partial charge < -0.3 is 4.90 Å². The maximum atomic E-state index is 12.8. The third-order valence-electron chi connectivity index (χ3n) is 6.38. The Morgan fingerprint density at radius 3 is 2.69 bits per heavy atom. The molecule has 1 saturated heterocycles. The van der Waals surface area contributed by atoms with Gasteiger partial charge in [0.15, 0.2) is 5.82 Å². The van der Waals surface area contributed by atoms with Gasteiger partial charge in [-0.2, -0.15) is 5.10 Å². The summed E-state index contributed by atoms with van der Waals surface area (Å²) in [5, 5.41) is 4.98. The lowest BCUT2D eigenvalue weighted by Gasteiger charge is -2.43. The summed E-state index contributed by atoms with van der Waals surface area (Å²) in [4.78, 5) is 28.0. The quantitative estimate of drug-likeness (QED) is 0.751. The van der Waals surface area contributed by atoms with Crippen LogP contribution in [0.25, 0.3) is 5.82 Å². The number of nitrogens with zero attached hydrogens (tertiary/aromatic N) is 7. The van der Waals surface area contributed by atoms with E-state index in [9.17, 15) is 4.79 Å². The van der Waals surface area contributed by atoms with Crippen molar-refractivity contribution in [3.8, 4) is 5.82 Å². The zero-order valence-electron chi connectivity index (χ0n) is 16.5. The molecule has 0 atom stereocenters. The van der Waals surface area contributed by atoms with Crippen molar-refractivity contribution in [3.05, 3.63) is 35.0 Å². The van der Waals surface area contributed by atoms with Crippen LogP contribution in [-0.4, -0.2) is 85.7 Å². The first kappa shape index (κ1) is 19.0. The van der Waals surface area contributed by atoms with E-state index in [0.717, 1.165) is 63.0 Å². The van der Waals surface area contributed by atoms with Gasteiger partial charge in [0.05, 0.1) is 24.6 Å². The minimum atomic E-state index is 0.245. The highest BCUT2D eigenvalue weighted by atomic mass is 35.5. The minimum absolute atomic E-state index is 0.245. The fraction of sp³-hybridized carbons (Fsp3) is 0.600. The van der Waals surface area contributed by atoms with Crippen molar-refractivity contribution in [2.75, 3.05) is 39.3 Å². The summed E-state index contributed by atoms with van der Waals surface area (Å²) in [5.41, 5.74) is 2.20. The molecule has 1 saturated carbocycles. The monoisotopic (exact) mass is 415 g/mol. The molecule has 154 valence electrons. The van der Waals surface area contributed by atoms with Gasteiger partial charge in [-0.25, -0.2) is 9.67 Å². The number of aromatic nitrogens is 4. The van der Waals surface area contributed by atoms with E-state index in [2.05, 4.69) is 24.9 Å². The largest absolute Gasteiger partial charge is 0.339 e. The van der Waals surface area contributed by atoms with Crippen molar-refractivity contribution in [2.24, 2.45) is 0 Å². The molecule has 8 nitrogen and oxygen atoms in total. The van der Waals surface area contributed by atoms with Gasteiger partial charge in [-0.05, 0) is 12.8 Å². The average molecular weight is 416 g/mol. The van der Waals surface area contributed by atoms with Crippen LogP contribution >= 0.6 is 11.6 Å². The smallest absolute Gasteiger partial charge is 0.236 e. The van der Waals surface area contributed by atoms with Gasteiger partial charge in [-0.3, -0.25) is 19.6 Å². The van der Waals surface area contributed by atoms with E-state index < -0.39 is 0 Å². The first-order valence-corrected chi connectivity index (χ1v) is 10.8. The highest BCUT2D eigenvalue weighted by molar-refractivity contribution is 6.29. The van der Waals surface area contributed by atoms with Crippen molar-refractivity contribution in [3.63, 3.8) is 0 Å². The highest BCUT2D eigenvalue weighted by Crippen LogP contribution is 2.25.